The topological polar surface area (TPSA) is 56.1 Å². The minimum Gasteiger partial charge on any atom is -0.497 e. The van der Waals surface area contributed by atoms with Crippen molar-refractivity contribution in [3.05, 3.63) is 47.3 Å². The summed E-state index contributed by atoms with van der Waals surface area (Å²) in [7, 11) is 1.64. The average Bonchev–Trinajstić information content (AvgIpc) is 3.01. The monoisotopic (exact) mass is 341 g/mol. The Bertz CT molecular complexity index is 741. The first-order valence-corrected chi connectivity index (χ1v) is 8.88. The maximum absolute atomic E-state index is 12.5. The molecule has 25 heavy (non-hydrogen) atoms. The first-order chi connectivity index (χ1) is 11.9. The number of amides is 1. The van der Waals surface area contributed by atoms with E-state index in [9.17, 15) is 4.79 Å². The van der Waals surface area contributed by atoms with Crippen molar-refractivity contribution < 1.29 is 9.53 Å². The maximum atomic E-state index is 12.5. The molecule has 2 aromatic rings. The predicted molar refractivity (Wildman–Crippen MR) is 97.7 cm³/mol. The number of fused-ring (bicyclic) bond motifs is 1. The molecule has 3 rings (SSSR count). The number of hydrogen-bond donors (Lipinski definition) is 1. The third kappa shape index (κ3) is 3.86. The Morgan fingerprint density at radius 1 is 1.32 bits per heavy atom. The Morgan fingerprint density at radius 3 is 2.68 bits per heavy atom. The Hall–Kier alpha value is -2.30. The van der Waals surface area contributed by atoms with E-state index in [1.165, 1.54) is 11.3 Å². The highest BCUT2D eigenvalue weighted by Crippen LogP contribution is 2.32. The number of carbonyl (C=O) groups excluding carboxylic acids is 1. The molecule has 1 aromatic heterocycles. The van der Waals surface area contributed by atoms with E-state index < -0.39 is 0 Å². The molecule has 0 aliphatic heterocycles. The normalized spacial score (nSPS) is 17.0. The number of nitrogens with zero attached hydrogens (tertiary/aromatic N) is 2. The Morgan fingerprint density at radius 2 is 2.04 bits per heavy atom. The van der Waals surface area contributed by atoms with Crippen molar-refractivity contribution in [2.75, 3.05) is 7.11 Å². The van der Waals surface area contributed by atoms with Crippen LogP contribution in [-0.4, -0.2) is 22.8 Å². The van der Waals surface area contributed by atoms with Gasteiger partial charge in [-0.2, -0.15) is 5.10 Å². The van der Waals surface area contributed by atoms with Crippen LogP contribution in [0.25, 0.3) is 0 Å². The number of nitrogens with one attached hydrogen (secondary N) is 1. The van der Waals surface area contributed by atoms with Gasteiger partial charge >= 0.3 is 0 Å². The van der Waals surface area contributed by atoms with Crippen molar-refractivity contribution in [1.82, 2.24) is 15.1 Å². The predicted octanol–water partition coefficient (Wildman–Crippen LogP) is 3.38. The molecule has 0 spiro atoms. The number of hydrogen-bond acceptors (Lipinski definition) is 3. The first kappa shape index (κ1) is 17.5. The van der Waals surface area contributed by atoms with Crippen LogP contribution < -0.4 is 10.1 Å². The van der Waals surface area contributed by atoms with E-state index in [-0.39, 0.29) is 17.5 Å². The minimum atomic E-state index is -0.0391. The zero-order chi connectivity index (χ0) is 18.0. The largest absolute Gasteiger partial charge is 0.497 e. The lowest BCUT2D eigenvalue weighted by atomic mass is 9.92. The van der Waals surface area contributed by atoms with Gasteiger partial charge in [0.2, 0.25) is 5.91 Å². The van der Waals surface area contributed by atoms with E-state index >= 15 is 0 Å². The van der Waals surface area contributed by atoms with Crippen LogP contribution in [0.15, 0.2) is 30.5 Å². The van der Waals surface area contributed by atoms with Crippen LogP contribution >= 0.6 is 0 Å². The molecule has 0 fully saturated rings. The lowest BCUT2D eigenvalue weighted by Crippen LogP contribution is -2.33. The molecular formula is C20H27N3O2. The third-order valence-corrected chi connectivity index (χ3v) is 4.68. The third-order valence-electron chi connectivity index (χ3n) is 4.68. The van der Waals surface area contributed by atoms with Gasteiger partial charge in [-0.05, 0) is 57.7 Å². The molecule has 1 amide bonds. The number of aromatic nitrogens is 2. The maximum Gasteiger partial charge on any atom is 0.224 e. The number of benzene rings is 1. The van der Waals surface area contributed by atoms with Crippen LogP contribution in [0.4, 0.5) is 0 Å². The fourth-order valence-electron chi connectivity index (χ4n) is 3.46. The standard InChI is InChI=1S/C20H27N3O2/c1-20(2,3)23-18-7-5-6-17(16(18)13-21-23)22-19(24)12-14-8-10-15(25-4)11-9-14/h8-11,13,17H,5-7,12H2,1-4H3,(H,22,24). The first-order valence-electron chi connectivity index (χ1n) is 8.88. The summed E-state index contributed by atoms with van der Waals surface area (Å²) in [4.78, 5) is 12.5. The van der Waals surface area contributed by atoms with Crippen LogP contribution in [0.2, 0.25) is 0 Å². The number of rotatable bonds is 4. The van der Waals surface area contributed by atoms with Gasteiger partial charge in [0.1, 0.15) is 5.75 Å². The van der Waals surface area contributed by atoms with Crippen LogP contribution in [-0.2, 0) is 23.2 Å². The summed E-state index contributed by atoms with van der Waals surface area (Å²) >= 11 is 0. The van der Waals surface area contributed by atoms with Gasteiger partial charge in [-0.15, -0.1) is 0 Å². The van der Waals surface area contributed by atoms with E-state index in [4.69, 9.17) is 4.74 Å². The average molecular weight is 341 g/mol. The van der Waals surface area contributed by atoms with Gasteiger partial charge in [0.05, 0.1) is 31.3 Å². The molecule has 1 unspecified atom stereocenters. The van der Waals surface area contributed by atoms with Crippen LogP contribution in [0.1, 0.15) is 56.5 Å². The molecule has 0 bridgehead atoms. The highest BCUT2D eigenvalue weighted by Gasteiger charge is 2.28. The van der Waals surface area contributed by atoms with Crippen molar-refractivity contribution in [3.63, 3.8) is 0 Å². The fourth-order valence-corrected chi connectivity index (χ4v) is 3.46. The number of methoxy groups -OCH3 is 1. The highest BCUT2D eigenvalue weighted by molar-refractivity contribution is 5.79. The number of carbonyl (C=O) groups is 1. The molecule has 1 aliphatic rings. The molecular weight excluding hydrogens is 314 g/mol. The second-order valence-corrected chi connectivity index (χ2v) is 7.67. The molecule has 1 aromatic carbocycles. The van der Waals surface area contributed by atoms with E-state index in [0.717, 1.165) is 30.6 Å². The lowest BCUT2D eigenvalue weighted by Gasteiger charge is -2.28. The Kier molecular flexibility index (Phi) is 4.84. The molecule has 1 aliphatic carbocycles. The molecule has 0 saturated carbocycles. The van der Waals surface area contributed by atoms with Crippen molar-refractivity contribution >= 4 is 5.91 Å². The van der Waals surface area contributed by atoms with Gasteiger partial charge in [0.25, 0.3) is 0 Å². The minimum absolute atomic E-state index is 0.0391. The fraction of sp³-hybridized carbons (Fsp3) is 0.500. The van der Waals surface area contributed by atoms with Gasteiger partial charge in [-0.25, -0.2) is 0 Å². The molecule has 0 radical (unpaired) electrons. The number of ether oxygens (including phenoxy) is 1. The molecule has 1 N–H and O–H groups in total. The summed E-state index contributed by atoms with van der Waals surface area (Å²) in [6.45, 7) is 6.48. The van der Waals surface area contributed by atoms with Gasteiger partial charge in [0, 0.05) is 11.3 Å². The van der Waals surface area contributed by atoms with E-state index in [1.54, 1.807) is 7.11 Å². The molecule has 5 nitrogen and oxygen atoms in total. The summed E-state index contributed by atoms with van der Waals surface area (Å²) in [6.07, 6.45) is 5.37. The van der Waals surface area contributed by atoms with Crippen molar-refractivity contribution in [1.29, 1.82) is 0 Å². The van der Waals surface area contributed by atoms with E-state index in [2.05, 4.69) is 35.9 Å². The van der Waals surface area contributed by atoms with Crippen molar-refractivity contribution in [2.45, 2.75) is 58.0 Å². The lowest BCUT2D eigenvalue weighted by molar-refractivity contribution is -0.121. The summed E-state index contributed by atoms with van der Waals surface area (Å²) in [5.41, 5.74) is 3.38. The van der Waals surface area contributed by atoms with Gasteiger partial charge in [-0.3, -0.25) is 9.48 Å². The van der Waals surface area contributed by atoms with Crippen molar-refractivity contribution in [2.24, 2.45) is 0 Å². The summed E-state index contributed by atoms with van der Waals surface area (Å²) < 4.78 is 7.26. The Balaban J connectivity index is 1.69. The van der Waals surface area contributed by atoms with Crippen molar-refractivity contribution in [3.8, 4) is 5.75 Å². The Labute approximate surface area is 149 Å². The van der Waals surface area contributed by atoms with Crippen LogP contribution in [0, 0.1) is 0 Å². The summed E-state index contributed by atoms with van der Waals surface area (Å²) in [6, 6.07) is 7.69. The highest BCUT2D eigenvalue weighted by atomic mass is 16.5. The molecule has 1 heterocycles. The van der Waals surface area contributed by atoms with Gasteiger partial charge < -0.3 is 10.1 Å². The smallest absolute Gasteiger partial charge is 0.224 e. The molecule has 1 atom stereocenters. The molecule has 5 heteroatoms. The SMILES string of the molecule is COc1ccc(CC(=O)NC2CCCc3c2cnn3C(C)(C)C)cc1. The second kappa shape index (κ2) is 6.90. The zero-order valence-corrected chi connectivity index (χ0v) is 15.5. The van der Waals surface area contributed by atoms with E-state index in [0.29, 0.717) is 6.42 Å². The van der Waals surface area contributed by atoms with Gasteiger partial charge in [0.15, 0.2) is 0 Å². The zero-order valence-electron chi connectivity index (χ0n) is 15.5. The molecule has 134 valence electrons. The van der Waals surface area contributed by atoms with Gasteiger partial charge in [-0.1, -0.05) is 12.1 Å². The van der Waals surface area contributed by atoms with Crippen LogP contribution in [0.5, 0.6) is 5.75 Å². The second-order valence-electron chi connectivity index (χ2n) is 7.67. The summed E-state index contributed by atoms with van der Waals surface area (Å²) in [5.74, 6) is 0.849. The molecule has 0 saturated heterocycles. The quantitative estimate of drug-likeness (QED) is 0.927. The summed E-state index contributed by atoms with van der Waals surface area (Å²) in [5, 5.41) is 7.77. The van der Waals surface area contributed by atoms with E-state index in [1.807, 2.05) is 30.5 Å². The van der Waals surface area contributed by atoms with Crippen LogP contribution in [0.3, 0.4) is 0 Å².